The number of hydrogen-bond acceptors (Lipinski definition) is 4. The number of ether oxygens (including phenoxy) is 1. The molecule has 0 aliphatic carbocycles. The average Bonchev–Trinajstić information content (AvgIpc) is 3.08. The summed E-state index contributed by atoms with van der Waals surface area (Å²) < 4.78 is 5.31. The van der Waals surface area contributed by atoms with E-state index in [1.54, 1.807) is 13.1 Å². The summed E-state index contributed by atoms with van der Waals surface area (Å²) in [7, 11) is 1.74. The van der Waals surface area contributed by atoms with Crippen molar-refractivity contribution in [1.29, 1.82) is 0 Å². The third-order valence-electron chi connectivity index (χ3n) is 3.46. The highest BCUT2D eigenvalue weighted by Crippen LogP contribution is 2.16. The standard InChI is InChI=1S/C18H24N4O2S/c1-3-15-7-8-16(25-15)11-22-18(20-2)21-10-13-5-4-6-14(9-13)24-12-17(19)23/h4-9H,3,10-12H2,1-2H3,(H2,19,23)(H2,20,21,22). The van der Waals surface area contributed by atoms with E-state index in [2.05, 4.69) is 34.7 Å². The molecule has 2 aromatic rings. The molecular formula is C18H24N4O2S. The van der Waals surface area contributed by atoms with Crippen LogP contribution in [0.3, 0.4) is 0 Å². The van der Waals surface area contributed by atoms with Crippen molar-refractivity contribution in [2.75, 3.05) is 13.7 Å². The minimum Gasteiger partial charge on any atom is -0.484 e. The van der Waals surface area contributed by atoms with E-state index in [9.17, 15) is 4.79 Å². The van der Waals surface area contributed by atoms with Gasteiger partial charge in [-0.05, 0) is 36.2 Å². The molecule has 1 aromatic heterocycles. The largest absolute Gasteiger partial charge is 0.484 e. The highest BCUT2D eigenvalue weighted by molar-refractivity contribution is 7.11. The van der Waals surface area contributed by atoms with Crippen molar-refractivity contribution in [3.63, 3.8) is 0 Å². The first-order valence-corrected chi connectivity index (χ1v) is 8.94. The molecule has 0 saturated carbocycles. The summed E-state index contributed by atoms with van der Waals surface area (Å²) >= 11 is 1.81. The maximum absolute atomic E-state index is 10.8. The second kappa shape index (κ2) is 9.68. The number of carbonyl (C=O) groups excluding carboxylic acids is 1. The number of carbonyl (C=O) groups is 1. The van der Waals surface area contributed by atoms with Gasteiger partial charge in [0.15, 0.2) is 12.6 Å². The Labute approximate surface area is 152 Å². The lowest BCUT2D eigenvalue weighted by Gasteiger charge is -2.12. The van der Waals surface area contributed by atoms with Crippen LogP contribution in [0.2, 0.25) is 0 Å². The highest BCUT2D eigenvalue weighted by atomic mass is 32.1. The Balaban J connectivity index is 1.83. The lowest BCUT2D eigenvalue weighted by Crippen LogP contribution is -2.36. The number of amides is 1. The van der Waals surface area contributed by atoms with E-state index in [0.29, 0.717) is 12.3 Å². The molecule has 0 bridgehead atoms. The second-order valence-corrected chi connectivity index (χ2v) is 6.66. The van der Waals surface area contributed by atoms with Gasteiger partial charge in [0, 0.05) is 23.3 Å². The molecule has 25 heavy (non-hydrogen) atoms. The van der Waals surface area contributed by atoms with Gasteiger partial charge < -0.3 is 21.1 Å². The molecule has 7 heteroatoms. The lowest BCUT2D eigenvalue weighted by molar-refractivity contribution is -0.119. The maximum Gasteiger partial charge on any atom is 0.255 e. The Morgan fingerprint density at radius 1 is 1.20 bits per heavy atom. The zero-order valence-corrected chi connectivity index (χ0v) is 15.4. The molecule has 0 radical (unpaired) electrons. The smallest absolute Gasteiger partial charge is 0.255 e. The van der Waals surface area contributed by atoms with Gasteiger partial charge >= 0.3 is 0 Å². The zero-order chi connectivity index (χ0) is 18.1. The Hall–Kier alpha value is -2.54. The molecule has 0 fully saturated rings. The van der Waals surface area contributed by atoms with Crippen molar-refractivity contribution in [2.45, 2.75) is 26.4 Å². The van der Waals surface area contributed by atoms with Crippen LogP contribution < -0.4 is 21.1 Å². The first-order chi connectivity index (χ1) is 12.1. The summed E-state index contributed by atoms with van der Waals surface area (Å²) in [5, 5.41) is 6.57. The monoisotopic (exact) mass is 360 g/mol. The fraction of sp³-hybridized carbons (Fsp3) is 0.333. The van der Waals surface area contributed by atoms with Crippen LogP contribution in [0.1, 0.15) is 22.2 Å². The first-order valence-electron chi connectivity index (χ1n) is 8.13. The molecule has 6 nitrogen and oxygen atoms in total. The van der Waals surface area contributed by atoms with Gasteiger partial charge in [0.25, 0.3) is 5.91 Å². The van der Waals surface area contributed by atoms with Crippen LogP contribution in [0.15, 0.2) is 41.4 Å². The molecule has 0 spiro atoms. The van der Waals surface area contributed by atoms with Crippen molar-refractivity contribution in [1.82, 2.24) is 10.6 Å². The number of guanidine groups is 1. The molecule has 0 saturated heterocycles. The number of aryl methyl sites for hydroxylation is 1. The van der Waals surface area contributed by atoms with E-state index < -0.39 is 5.91 Å². The van der Waals surface area contributed by atoms with Crippen LogP contribution in [0.25, 0.3) is 0 Å². The first kappa shape index (κ1) is 18.8. The van der Waals surface area contributed by atoms with Gasteiger partial charge in [-0.3, -0.25) is 9.79 Å². The predicted molar refractivity (Wildman–Crippen MR) is 102 cm³/mol. The van der Waals surface area contributed by atoms with Gasteiger partial charge in [-0.2, -0.15) is 0 Å². The van der Waals surface area contributed by atoms with E-state index in [4.69, 9.17) is 10.5 Å². The number of benzene rings is 1. The lowest BCUT2D eigenvalue weighted by atomic mass is 10.2. The van der Waals surface area contributed by atoms with Crippen molar-refractivity contribution < 1.29 is 9.53 Å². The third kappa shape index (κ3) is 6.46. The third-order valence-corrected chi connectivity index (χ3v) is 4.69. The maximum atomic E-state index is 10.8. The molecule has 2 rings (SSSR count). The van der Waals surface area contributed by atoms with Crippen LogP contribution in [0, 0.1) is 0 Å². The number of primary amides is 1. The molecule has 0 unspecified atom stereocenters. The van der Waals surface area contributed by atoms with Crippen molar-refractivity contribution >= 4 is 23.2 Å². The zero-order valence-electron chi connectivity index (χ0n) is 14.5. The van der Waals surface area contributed by atoms with Gasteiger partial charge in [-0.25, -0.2) is 0 Å². The van der Waals surface area contributed by atoms with Crippen molar-refractivity contribution in [3.8, 4) is 5.75 Å². The molecule has 0 aliphatic heterocycles. The fourth-order valence-corrected chi connectivity index (χ4v) is 3.08. The van der Waals surface area contributed by atoms with Crippen molar-refractivity contribution in [2.24, 2.45) is 10.7 Å². The molecular weight excluding hydrogens is 336 g/mol. The van der Waals surface area contributed by atoms with Crippen LogP contribution in [0.5, 0.6) is 5.75 Å². The molecule has 1 amide bonds. The summed E-state index contributed by atoms with van der Waals surface area (Å²) in [6.45, 7) is 3.37. The highest BCUT2D eigenvalue weighted by Gasteiger charge is 2.03. The summed E-state index contributed by atoms with van der Waals surface area (Å²) in [6.07, 6.45) is 1.06. The van der Waals surface area contributed by atoms with Gasteiger partial charge in [0.05, 0.1) is 6.54 Å². The number of aliphatic imine (C=N–C) groups is 1. The summed E-state index contributed by atoms with van der Waals surface area (Å²) in [4.78, 5) is 17.7. The number of hydrogen-bond donors (Lipinski definition) is 3. The summed E-state index contributed by atoms with van der Waals surface area (Å²) in [5.41, 5.74) is 6.11. The van der Waals surface area contributed by atoms with Crippen LogP contribution in [-0.2, 0) is 24.3 Å². The Morgan fingerprint density at radius 2 is 1.96 bits per heavy atom. The van der Waals surface area contributed by atoms with Crippen LogP contribution in [-0.4, -0.2) is 25.5 Å². The van der Waals surface area contributed by atoms with E-state index in [1.165, 1.54) is 9.75 Å². The van der Waals surface area contributed by atoms with E-state index in [-0.39, 0.29) is 6.61 Å². The topological polar surface area (TPSA) is 88.7 Å². The number of nitrogens with zero attached hydrogens (tertiary/aromatic N) is 1. The molecule has 0 atom stereocenters. The van der Waals surface area contributed by atoms with Crippen LogP contribution >= 0.6 is 11.3 Å². The minimum absolute atomic E-state index is 0.124. The van der Waals surface area contributed by atoms with E-state index in [0.717, 1.165) is 24.5 Å². The molecule has 1 aromatic carbocycles. The Kier molecular flexibility index (Phi) is 7.28. The predicted octanol–water partition coefficient (Wildman–Crippen LogP) is 2.04. The molecule has 0 aliphatic rings. The summed E-state index contributed by atoms with van der Waals surface area (Å²) in [5.74, 6) is 0.856. The normalized spacial score (nSPS) is 11.2. The SMILES string of the molecule is CCc1ccc(CNC(=NC)NCc2cccc(OCC(N)=O)c2)s1. The van der Waals surface area contributed by atoms with E-state index >= 15 is 0 Å². The van der Waals surface area contributed by atoms with Gasteiger partial charge in [0.1, 0.15) is 5.75 Å². The molecule has 4 N–H and O–H groups in total. The fourth-order valence-electron chi connectivity index (χ4n) is 2.18. The summed E-state index contributed by atoms with van der Waals surface area (Å²) in [6, 6.07) is 11.8. The number of nitrogens with two attached hydrogens (primary N) is 1. The number of rotatable bonds is 8. The van der Waals surface area contributed by atoms with Gasteiger partial charge in [0.2, 0.25) is 0 Å². The van der Waals surface area contributed by atoms with Gasteiger partial charge in [-0.15, -0.1) is 11.3 Å². The van der Waals surface area contributed by atoms with Gasteiger partial charge in [-0.1, -0.05) is 19.1 Å². The quantitative estimate of drug-likeness (QED) is 0.496. The van der Waals surface area contributed by atoms with E-state index in [1.807, 2.05) is 29.5 Å². The minimum atomic E-state index is -0.493. The average molecular weight is 360 g/mol. The molecule has 1 heterocycles. The Morgan fingerprint density at radius 3 is 2.64 bits per heavy atom. The van der Waals surface area contributed by atoms with Crippen molar-refractivity contribution in [3.05, 3.63) is 51.7 Å². The number of nitrogens with one attached hydrogen (secondary N) is 2. The second-order valence-electron chi connectivity index (χ2n) is 5.40. The molecule has 134 valence electrons. The van der Waals surface area contributed by atoms with Crippen LogP contribution in [0.4, 0.5) is 0 Å². The Bertz CT molecular complexity index is 727. The number of thiophene rings is 1.